The van der Waals surface area contributed by atoms with Crippen LogP contribution in [-0.2, 0) is 4.74 Å². The largest absolute Gasteiger partial charge is 0.465 e. The second kappa shape index (κ2) is 5.65. The Morgan fingerprint density at radius 1 is 1.67 bits per heavy atom. The molecule has 0 bridgehead atoms. The number of carbonyl (C=O) groups excluding carboxylic acids is 1. The Morgan fingerprint density at radius 3 is 3.14 bits per heavy atom. The van der Waals surface area contributed by atoms with Gasteiger partial charge >= 0.3 is 5.97 Å². The quantitative estimate of drug-likeness (QED) is 0.824. The molecule has 1 aliphatic rings. The summed E-state index contributed by atoms with van der Waals surface area (Å²) in [6, 6.07) is 1.90. The Hall–Kier alpha value is -1.60. The number of esters is 1. The fourth-order valence-electron chi connectivity index (χ4n) is 2.81. The minimum absolute atomic E-state index is 0.164. The van der Waals surface area contributed by atoms with Crippen LogP contribution < -0.4 is 4.90 Å². The second-order valence-corrected chi connectivity index (χ2v) is 6.01. The first-order valence-electron chi connectivity index (χ1n) is 6.75. The standard InChI is InChI=1S/C14H16BrN3O3/c1-21-14(20)11-10(18-3-2-8(5-18)6-19)4-9(15)12-13(11)17-7-16-12/h4,7-8,19H,2-3,5-6H2,1H3,(H,16,17)/t8-/m0/s1. The van der Waals surface area contributed by atoms with E-state index < -0.39 is 0 Å². The summed E-state index contributed by atoms with van der Waals surface area (Å²) in [5.74, 6) is -0.147. The molecule has 3 rings (SSSR count). The summed E-state index contributed by atoms with van der Waals surface area (Å²) in [7, 11) is 1.37. The van der Waals surface area contributed by atoms with Gasteiger partial charge in [0.15, 0.2) is 0 Å². The minimum atomic E-state index is -0.390. The molecule has 0 saturated carbocycles. The van der Waals surface area contributed by atoms with E-state index in [1.54, 1.807) is 6.33 Å². The fourth-order valence-corrected chi connectivity index (χ4v) is 3.33. The lowest BCUT2D eigenvalue weighted by Crippen LogP contribution is -2.23. The van der Waals surface area contributed by atoms with Gasteiger partial charge in [0, 0.05) is 30.1 Å². The van der Waals surface area contributed by atoms with E-state index in [2.05, 4.69) is 30.8 Å². The molecule has 1 aromatic heterocycles. The van der Waals surface area contributed by atoms with Crippen molar-refractivity contribution in [2.24, 2.45) is 5.92 Å². The molecule has 1 atom stereocenters. The van der Waals surface area contributed by atoms with Crippen LogP contribution in [0.1, 0.15) is 16.8 Å². The number of halogens is 1. The number of carbonyl (C=O) groups is 1. The van der Waals surface area contributed by atoms with Crippen molar-refractivity contribution in [2.45, 2.75) is 6.42 Å². The third kappa shape index (κ3) is 2.40. The van der Waals surface area contributed by atoms with Gasteiger partial charge in [-0.3, -0.25) is 0 Å². The first kappa shape index (κ1) is 14.3. The Balaban J connectivity index is 2.14. The number of fused-ring (bicyclic) bond motifs is 1. The van der Waals surface area contributed by atoms with Crippen molar-refractivity contribution in [2.75, 3.05) is 31.7 Å². The lowest BCUT2D eigenvalue weighted by molar-refractivity contribution is 0.0603. The van der Waals surface area contributed by atoms with Crippen LogP contribution in [0.2, 0.25) is 0 Å². The second-order valence-electron chi connectivity index (χ2n) is 5.15. The van der Waals surface area contributed by atoms with Crippen LogP contribution in [-0.4, -0.2) is 47.8 Å². The van der Waals surface area contributed by atoms with Gasteiger partial charge in [0.25, 0.3) is 0 Å². The van der Waals surface area contributed by atoms with E-state index in [4.69, 9.17) is 4.74 Å². The Labute approximate surface area is 130 Å². The number of rotatable bonds is 3. The highest BCUT2D eigenvalue weighted by Gasteiger charge is 2.28. The minimum Gasteiger partial charge on any atom is -0.465 e. The number of benzene rings is 1. The third-order valence-electron chi connectivity index (χ3n) is 3.91. The van der Waals surface area contributed by atoms with Crippen molar-refractivity contribution in [3.05, 3.63) is 22.4 Å². The van der Waals surface area contributed by atoms with Crippen LogP contribution in [0, 0.1) is 5.92 Å². The average Bonchev–Trinajstić information content (AvgIpc) is 3.15. The van der Waals surface area contributed by atoms with Crippen LogP contribution >= 0.6 is 15.9 Å². The number of aromatic nitrogens is 2. The summed E-state index contributed by atoms with van der Waals surface area (Å²) in [6.45, 7) is 1.70. The van der Waals surface area contributed by atoms with Gasteiger partial charge in [-0.15, -0.1) is 0 Å². The topological polar surface area (TPSA) is 78.4 Å². The number of hydrogen-bond acceptors (Lipinski definition) is 5. The van der Waals surface area contributed by atoms with E-state index in [1.807, 2.05) is 6.07 Å². The predicted octanol–water partition coefficient (Wildman–Crippen LogP) is 1.93. The van der Waals surface area contributed by atoms with Crippen molar-refractivity contribution in [1.29, 1.82) is 0 Å². The summed E-state index contributed by atoms with van der Waals surface area (Å²) in [4.78, 5) is 21.6. The van der Waals surface area contributed by atoms with Crippen LogP contribution in [0.5, 0.6) is 0 Å². The summed E-state index contributed by atoms with van der Waals surface area (Å²) in [6.07, 6.45) is 2.47. The normalized spacial score (nSPS) is 18.4. The van der Waals surface area contributed by atoms with Gasteiger partial charge in [-0.05, 0) is 28.4 Å². The monoisotopic (exact) mass is 353 g/mol. The Morgan fingerprint density at radius 2 is 2.48 bits per heavy atom. The third-order valence-corrected chi connectivity index (χ3v) is 4.51. The van der Waals surface area contributed by atoms with Gasteiger partial charge in [0.2, 0.25) is 0 Å². The highest BCUT2D eigenvalue weighted by molar-refractivity contribution is 9.10. The lowest BCUT2D eigenvalue weighted by Gasteiger charge is -2.22. The molecule has 0 radical (unpaired) electrons. The van der Waals surface area contributed by atoms with Gasteiger partial charge in [-0.2, -0.15) is 0 Å². The molecular formula is C14H16BrN3O3. The predicted molar refractivity (Wildman–Crippen MR) is 82.5 cm³/mol. The van der Waals surface area contributed by atoms with Gasteiger partial charge < -0.3 is 19.7 Å². The maximum atomic E-state index is 12.2. The average molecular weight is 354 g/mol. The summed E-state index contributed by atoms with van der Waals surface area (Å²) >= 11 is 3.50. The zero-order valence-electron chi connectivity index (χ0n) is 11.6. The van der Waals surface area contributed by atoms with Gasteiger partial charge in [-0.25, -0.2) is 9.78 Å². The summed E-state index contributed by atoms with van der Waals surface area (Å²) in [5, 5.41) is 9.30. The van der Waals surface area contributed by atoms with Crippen molar-refractivity contribution >= 4 is 38.6 Å². The zero-order chi connectivity index (χ0) is 15.0. The number of anilines is 1. The molecule has 21 heavy (non-hydrogen) atoms. The van der Waals surface area contributed by atoms with E-state index in [1.165, 1.54) is 7.11 Å². The smallest absolute Gasteiger partial charge is 0.342 e. The maximum Gasteiger partial charge on any atom is 0.342 e. The molecule has 2 N–H and O–H groups in total. The van der Waals surface area contributed by atoms with Gasteiger partial charge in [0.05, 0.1) is 24.6 Å². The number of aromatic amines is 1. The molecule has 1 aliphatic heterocycles. The van der Waals surface area contributed by atoms with Crippen LogP contribution in [0.25, 0.3) is 11.0 Å². The number of nitrogens with zero attached hydrogens (tertiary/aromatic N) is 2. The SMILES string of the molecule is COC(=O)c1c(N2CC[C@H](CO)C2)cc(Br)c2nc[nH]c12. The first-order chi connectivity index (χ1) is 10.2. The van der Waals surface area contributed by atoms with Crippen molar-refractivity contribution in [3.63, 3.8) is 0 Å². The van der Waals surface area contributed by atoms with Crippen LogP contribution in [0.3, 0.4) is 0 Å². The van der Waals surface area contributed by atoms with Crippen molar-refractivity contribution in [1.82, 2.24) is 9.97 Å². The number of H-pyrrole nitrogens is 1. The van der Waals surface area contributed by atoms with Gasteiger partial charge in [0.1, 0.15) is 11.1 Å². The number of methoxy groups -OCH3 is 1. The van der Waals surface area contributed by atoms with Crippen LogP contribution in [0.15, 0.2) is 16.9 Å². The molecular weight excluding hydrogens is 338 g/mol. The molecule has 6 nitrogen and oxygen atoms in total. The Bertz CT molecular complexity index is 685. The molecule has 1 fully saturated rings. The first-order valence-corrected chi connectivity index (χ1v) is 7.54. The molecule has 1 aromatic carbocycles. The van der Waals surface area contributed by atoms with E-state index in [9.17, 15) is 9.90 Å². The lowest BCUT2D eigenvalue weighted by atomic mass is 10.1. The highest BCUT2D eigenvalue weighted by Crippen LogP contribution is 2.35. The molecule has 0 unspecified atom stereocenters. The fraction of sp³-hybridized carbons (Fsp3) is 0.429. The van der Waals surface area contributed by atoms with Crippen LogP contribution in [0.4, 0.5) is 5.69 Å². The molecule has 112 valence electrons. The molecule has 2 aromatic rings. The van der Waals surface area contributed by atoms with Crippen molar-refractivity contribution in [3.8, 4) is 0 Å². The molecule has 0 aliphatic carbocycles. The molecule has 2 heterocycles. The molecule has 7 heteroatoms. The number of imidazole rings is 1. The Kier molecular flexibility index (Phi) is 3.86. The van der Waals surface area contributed by atoms with E-state index in [0.29, 0.717) is 16.6 Å². The summed E-state index contributed by atoms with van der Waals surface area (Å²) in [5.41, 5.74) is 2.67. The number of aliphatic hydroxyl groups excluding tert-OH is 1. The van der Waals surface area contributed by atoms with E-state index in [-0.39, 0.29) is 18.5 Å². The number of nitrogens with one attached hydrogen (secondary N) is 1. The molecule has 1 saturated heterocycles. The number of hydrogen-bond donors (Lipinski definition) is 2. The molecule has 0 amide bonds. The maximum absolute atomic E-state index is 12.2. The number of ether oxygens (including phenoxy) is 1. The number of aliphatic hydroxyl groups is 1. The zero-order valence-corrected chi connectivity index (χ0v) is 13.2. The molecule has 0 spiro atoms. The summed E-state index contributed by atoms with van der Waals surface area (Å²) < 4.78 is 5.76. The van der Waals surface area contributed by atoms with E-state index in [0.717, 1.165) is 29.7 Å². The van der Waals surface area contributed by atoms with E-state index >= 15 is 0 Å². The highest BCUT2D eigenvalue weighted by atomic mass is 79.9. The van der Waals surface area contributed by atoms with Gasteiger partial charge in [-0.1, -0.05) is 0 Å². The van der Waals surface area contributed by atoms with Crippen molar-refractivity contribution < 1.29 is 14.6 Å².